The van der Waals surface area contributed by atoms with E-state index in [2.05, 4.69) is 0 Å². The molecule has 1 aromatic carbocycles. The van der Waals surface area contributed by atoms with Crippen LogP contribution in [0.1, 0.15) is 18.9 Å². The van der Waals surface area contributed by atoms with E-state index in [0.717, 1.165) is 6.42 Å². The fourth-order valence-electron chi connectivity index (χ4n) is 1.55. The third-order valence-electron chi connectivity index (χ3n) is 2.67. The highest BCUT2D eigenvalue weighted by molar-refractivity contribution is 5.41. The van der Waals surface area contributed by atoms with Crippen LogP contribution in [-0.2, 0) is 6.42 Å². The van der Waals surface area contributed by atoms with Gasteiger partial charge < -0.3 is 15.2 Å². The monoisotopic (exact) mass is 277 g/mol. The van der Waals surface area contributed by atoms with Gasteiger partial charge in [-0.2, -0.15) is 13.2 Å². The summed E-state index contributed by atoms with van der Waals surface area (Å²) in [4.78, 5) is 0. The standard InChI is InChI=1S/C13H18F3NO2/c1-3-10(17)6-9-4-5-11(18-2)7-12(9)19-8-13(14,15)16/h4-5,7,10H,3,6,8,17H2,1-2H3. The number of hydrogen-bond donors (Lipinski definition) is 1. The Labute approximate surface area is 110 Å². The number of alkyl halides is 3. The van der Waals surface area contributed by atoms with E-state index < -0.39 is 12.8 Å². The minimum Gasteiger partial charge on any atom is -0.497 e. The zero-order valence-electron chi connectivity index (χ0n) is 11.0. The molecule has 0 heterocycles. The number of benzene rings is 1. The predicted octanol–water partition coefficient (Wildman–Crippen LogP) is 2.92. The number of ether oxygens (including phenoxy) is 2. The normalized spacial score (nSPS) is 13.2. The number of nitrogens with two attached hydrogens (primary N) is 1. The highest BCUT2D eigenvalue weighted by Crippen LogP contribution is 2.28. The molecule has 19 heavy (non-hydrogen) atoms. The van der Waals surface area contributed by atoms with Gasteiger partial charge in [0.25, 0.3) is 0 Å². The lowest BCUT2D eigenvalue weighted by Gasteiger charge is -2.16. The first kappa shape index (κ1) is 15.6. The molecule has 0 fully saturated rings. The molecule has 0 saturated heterocycles. The van der Waals surface area contributed by atoms with Gasteiger partial charge in [0, 0.05) is 12.1 Å². The topological polar surface area (TPSA) is 44.5 Å². The SMILES string of the molecule is CCC(N)Cc1ccc(OC)cc1OCC(F)(F)F. The Balaban J connectivity index is 2.89. The smallest absolute Gasteiger partial charge is 0.422 e. The van der Waals surface area contributed by atoms with E-state index in [-0.39, 0.29) is 11.8 Å². The lowest BCUT2D eigenvalue weighted by atomic mass is 10.0. The molecule has 1 rings (SSSR count). The number of halogens is 3. The highest BCUT2D eigenvalue weighted by Gasteiger charge is 2.29. The van der Waals surface area contributed by atoms with Crippen molar-refractivity contribution in [2.75, 3.05) is 13.7 Å². The van der Waals surface area contributed by atoms with E-state index >= 15 is 0 Å². The molecule has 0 radical (unpaired) electrons. The van der Waals surface area contributed by atoms with E-state index in [1.807, 2.05) is 6.92 Å². The molecule has 0 aliphatic heterocycles. The maximum absolute atomic E-state index is 12.2. The fourth-order valence-corrected chi connectivity index (χ4v) is 1.55. The van der Waals surface area contributed by atoms with Crippen LogP contribution in [0, 0.1) is 0 Å². The van der Waals surface area contributed by atoms with Gasteiger partial charge in [-0.3, -0.25) is 0 Å². The van der Waals surface area contributed by atoms with Crippen LogP contribution in [0.15, 0.2) is 18.2 Å². The summed E-state index contributed by atoms with van der Waals surface area (Å²) in [5.74, 6) is 0.617. The molecule has 0 aliphatic rings. The largest absolute Gasteiger partial charge is 0.497 e. The second-order valence-electron chi connectivity index (χ2n) is 4.25. The van der Waals surface area contributed by atoms with Crippen LogP contribution in [-0.4, -0.2) is 25.9 Å². The highest BCUT2D eigenvalue weighted by atomic mass is 19.4. The van der Waals surface area contributed by atoms with E-state index in [0.29, 0.717) is 17.7 Å². The predicted molar refractivity (Wildman–Crippen MR) is 66.5 cm³/mol. The molecule has 0 spiro atoms. The zero-order chi connectivity index (χ0) is 14.5. The van der Waals surface area contributed by atoms with Gasteiger partial charge >= 0.3 is 6.18 Å². The minimum absolute atomic E-state index is 0.110. The Morgan fingerprint density at radius 1 is 1.32 bits per heavy atom. The molecule has 0 amide bonds. The molecule has 1 atom stereocenters. The van der Waals surface area contributed by atoms with Gasteiger partial charge in [0.15, 0.2) is 6.61 Å². The molecule has 6 heteroatoms. The van der Waals surface area contributed by atoms with Gasteiger partial charge in [0.05, 0.1) is 7.11 Å². The molecular formula is C13H18F3NO2. The fraction of sp³-hybridized carbons (Fsp3) is 0.538. The molecule has 1 aromatic rings. The van der Waals surface area contributed by atoms with Gasteiger partial charge in [-0.25, -0.2) is 0 Å². The van der Waals surface area contributed by atoms with Crippen molar-refractivity contribution >= 4 is 0 Å². The van der Waals surface area contributed by atoms with E-state index in [1.54, 1.807) is 12.1 Å². The third kappa shape index (κ3) is 5.38. The Morgan fingerprint density at radius 3 is 2.53 bits per heavy atom. The van der Waals surface area contributed by atoms with Gasteiger partial charge in [0.1, 0.15) is 11.5 Å². The number of methoxy groups -OCH3 is 1. The second kappa shape index (κ2) is 6.65. The number of rotatable bonds is 6. The third-order valence-corrected chi connectivity index (χ3v) is 2.67. The first-order valence-electron chi connectivity index (χ1n) is 5.97. The van der Waals surface area contributed by atoms with Crippen LogP contribution in [0.5, 0.6) is 11.5 Å². The Bertz CT molecular complexity index is 407. The van der Waals surface area contributed by atoms with Crippen molar-refractivity contribution in [2.24, 2.45) is 5.73 Å². The molecular weight excluding hydrogens is 259 g/mol. The maximum Gasteiger partial charge on any atom is 0.422 e. The second-order valence-corrected chi connectivity index (χ2v) is 4.25. The Hall–Kier alpha value is -1.43. The van der Waals surface area contributed by atoms with E-state index in [1.165, 1.54) is 13.2 Å². The zero-order valence-corrected chi connectivity index (χ0v) is 11.0. The maximum atomic E-state index is 12.2. The summed E-state index contributed by atoms with van der Waals surface area (Å²) in [6.45, 7) is 0.596. The van der Waals surface area contributed by atoms with E-state index in [9.17, 15) is 13.2 Å². The van der Waals surface area contributed by atoms with Gasteiger partial charge in [0.2, 0.25) is 0 Å². The molecule has 3 nitrogen and oxygen atoms in total. The van der Waals surface area contributed by atoms with Gasteiger partial charge in [-0.1, -0.05) is 13.0 Å². The lowest BCUT2D eigenvalue weighted by molar-refractivity contribution is -0.153. The molecule has 0 aliphatic carbocycles. The molecule has 0 aromatic heterocycles. The summed E-state index contributed by atoms with van der Waals surface area (Å²) in [5, 5.41) is 0. The van der Waals surface area contributed by atoms with Crippen LogP contribution in [0.4, 0.5) is 13.2 Å². The summed E-state index contributed by atoms with van der Waals surface area (Å²) < 4.78 is 46.4. The first-order valence-corrected chi connectivity index (χ1v) is 5.97. The van der Waals surface area contributed by atoms with Crippen LogP contribution in [0.2, 0.25) is 0 Å². The Kier molecular flexibility index (Phi) is 5.47. The summed E-state index contributed by atoms with van der Waals surface area (Å²) in [6, 6.07) is 4.70. The summed E-state index contributed by atoms with van der Waals surface area (Å²) in [5.41, 5.74) is 6.47. The lowest BCUT2D eigenvalue weighted by Crippen LogP contribution is -2.23. The average Bonchev–Trinajstić information content (AvgIpc) is 2.36. The van der Waals surface area contributed by atoms with Crippen LogP contribution < -0.4 is 15.2 Å². The average molecular weight is 277 g/mol. The van der Waals surface area contributed by atoms with Crippen LogP contribution in [0.3, 0.4) is 0 Å². The summed E-state index contributed by atoms with van der Waals surface area (Å²) in [7, 11) is 1.44. The Morgan fingerprint density at radius 2 is 2.00 bits per heavy atom. The molecule has 2 N–H and O–H groups in total. The van der Waals surface area contributed by atoms with Crippen molar-refractivity contribution in [3.8, 4) is 11.5 Å². The van der Waals surface area contributed by atoms with E-state index in [4.69, 9.17) is 15.2 Å². The molecule has 1 unspecified atom stereocenters. The van der Waals surface area contributed by atoms with Crippen molar-refractivity contribution in [2.45, 2.75) is 32.0 Å². The van der Waals surface area contributed by atoms with Crippen LogP contribution >= 0.6 is 0 Å². The molecule has 0 saturated carbocycles. The summed E-state index contributed by atoms with van der Waals surface area (Å²) in [6.07, 6.45) is -3.16. The summed E-state index contributed by atoms with van der Waals surface area (Å²) >= 11 is 0. The molecule has 108 valence electrons. The van der Waals surface area contributed by atoms with Crippen LogP contribution in [0.25, 0.3) is 0 Å². The minimum atomic E-state index is -4.37. The quantitative estimate of drug-likeness (QED) is 0.869. The van der Waals surface area contributed by atoms with Crippen molar-refractivity contribution in [1.29, 1.82) is 0 Å². The molecule has 0 bridgehead atoms. The van der Waals surface area contributed by atoms with Gasteiger partial charge in [-0.15, -0.1) is 0 Å². The van der Waals surface area contributed by atoms with Crippen molar-refractivity contribution in [3.63, 3.8) is 0 Å². The first-order chi connectivity index (χ1) is 8.85. The van der Waals surface area contributed by atoms with Crippen molar-refractivity contribution in [3.05, 3.63) is 23.8 Å². The van der Waals surface area contributed by atoms with Gasteiger partial charge in [-0.05, 0) is 24.5 Å². The van der Waals surface area contributed by atoms with Crippen molar-refractivity contribution in [1.82, 2.24) is 0 Å². The number of hydrogen-bond acceptors (Lipinski definition) is 3. The van der Waals surface area contributed by atoms with Crippen molar-refractivity contribution < 1.29 is 22.6 Å².